The monoisotopic (exact) mass is 392 g/mol. The fourth-order valence-corrected chi connectivity index (χ4v) is 3.53. The number of benzene rings is 2. The standard InChI is InChI=1S/C19H18Cl2N2O3/c1-12-4-3-5-14(10-12)26-9-8-23-17(24)19(2,22-18(23)25)15-7-6-13(20)11-16(15)21/h3-7,10-11H,8-9H2,1-2H3,(H,22,25). The summed E-state index contributed by atoms with van der Waals surface area (Å²) in [6.07, 6.45) is 0. The lowest BCUT2D eigenvalue weighted by atomic mass is 9.92. The maximum absolute atomic E-state index is 12.9. The van der Waals surface area contributed by atoms with Gasteiger partial charge in [-0.05, 0) is 43.7 Å². The zero-order chi connectivity index (χ0) is 18.9. The van der Waals surface area contributed by atoms with Gasteiger partial charge in [-0.2, -0.15) is 0 Å². The third kappa shape index (κ3) is 3.50. The van der Waals surface area contributed by atoms with E-state index in [0.717, 1.165) is 10.5 Å². The molecule has 1 unspecified atom stereocenters. The second-order valence-electron chi connectivity index (χ2n) is 6.30. The van der Waals surface area contributed by atoms with Crippen molar-refractivity contribution < 1.29 is 14.3 Å². The predicted molar refractivity (Wildman–Crippen MR) is 101 cm³/mol. The van der Waals surface area contributed by atoms with Crippen LogP contribution in [-0.4, -0.2) is 30.0 Å². The Kier molecular flexibility index (Phi) is 5.12. The molecule has 3 amide bonds. The van der Waals surface area contributed by atoms with Gasteiger partial charge >= 0.3 is 6.03 Å². The first-order chi connectivity index (χ1) is 12.3. The topological polar surface area (TPSA) is 58.6 Å². The van der Waals surface area contributed by atoms with Crippen LogP contribution in [-0.2, 0) is 10.3 Å². The Morgan fingerprint density at radius 1 is 1.15 bits per heavy atom. The van der Waals surface area contributed by atoms with Gasteiger partial charge in [-0.3, -0.25) is 9.69 Å². The fourth-order valence-electron chi connectivity index (χ4n) is 2.94. The van der Waals surface area contributed by atoms with Crippen molar-refractivity contribution in [3.05, 3.63) is 63.6 Å². The largest absolute Gasteiger partial charge is 0.492 e. The van der Waals surface area contributed by atoms with Crippen LogP contribution in [0.2, 0.25) is 10.0 Å². The molecule has 1 atom stereocenters. The van der Waals surface area contributed by atoms with Gasteiger partial charge in [0.1, 0.15) is 17.9 Å². The van der Waals surface area contributed by atoms with Gasteiger partial charge in [-0.1, -0.05) is 41.4 Å². The van der Waals surface area contributed by atoms with Crippen LogP contribution in [0.3, 0.4) is 0 Å². The van der Waals surface area contributed by atoms with Crippen LogP contribution in [0.1, 0.15) is 18.1 Å². The van der Waals surface area contributed by atoms with Crippen molar-refractivity contribution in [1.29, 1.82) is 0 Å². The van der Waals surface area contributed by atoms with Crippen molar-refractivity contribution in [2.75, 3.05) is 13.2 Å². The van der Waals surface area contributed by atoms with Crippen LogP contribution in [0.15, 0.2) is 42.5 Å². The van der Waals surface area contributed by atoms with Crippen LogP contribution in [0, 0.1) is 6.92 Å². The second-order valence-corrected chi connectivity index (χ2v) is 7.14. The number of carbonyl (C=O) groups is 2. The molecule has 1 heterocycles. The van der Waals surface area contributed by atoms with Crippen LogP contribution in [0.5, 0.6) is 5.75 Å². The SMILES string of the molecule is Cc1cccc(OCCN2C(=O)NC(C)(c3ccc(Cl)cc3Cl)C2=O)c1. The molecule has 1 N–H and O–H groups in total. The number of nitrogens with zero attached hydrogens (tertiary/aromatic N) is 1. The van der Waals surface area contributed by atoms with Gasteiger partial charge in [0.25, 0.3) is 5.91 Å². The molecule has 2 aromatic carbocycles. The third-order valence-corrected chi connectivity index (χ3v) is 4.87. The van der Waals surface area contributed by atoms with Gasteiger partial charge in [-0.25, -0.2) is 4.79 Å². The number of amides is 3. The minimum Gasteiger partial charge on any atom is -0.492 e. The van der Waals surface area contributed by atoms with Gasteiger partial charge in [0.05, 0.1) is 6.54 Å². The highest BCUT2D eigenvalue weighted by Gasteiger charge is 2.49. The minimum absolute atomic E-state index is 0.138. The number of rotatable bonds is 5. The summed E-state index contributed by atoms with van der Waals surface area (Å²) in [6.45, 7) is 3.93. The molecule has 0 radical (unpaired) electrons. The fraction of sp³-hybridized carbons (Fsp3) is 0.263. The average Bonchev–Trinajstić information content (AvgIpc) is 2.78. The van der Waals surface area contributed by atoms with Crippen molar-refractivity contribution in [2.24, 2.45) is 0 Å². The Bertz CT molecular complexity index is 872. The quantitative estimate of drug-likeness (QED) is 0.777. The zero-order valence-electron chi connectivity index (χ0n) is 14.4. The van der Waals surface area contributed by atoms with Crippen LogP contribution in [0.4, 0.5) is 4.79 Å². The van der Waals surface area contributed by atoms with Crippen LogP contribution >= 0.6 is 23.2 Å². The first kappa shape index (κ1) is 18.5. The van der Waals surface area contributed by atoms with E-state index >= 15 is 0 Å². The van der Waals surface area contributed by atoms with Crippen molar-refractivity contribution >= 4 is 35.1 Å². The van der Waals surface area contributed by atoms with E-state index in [2.05, 4.69) is 5.32 Å². The Morgan fingerprint density at radius 2 is 1.92 bits per heavy atom. The van der Waals surface area contributed by atoms with Crippen molar-refractivity contribution in [2.45, 2.75) is 19.4 Å². The van der Waals surface area contributed by atoms with Crippen molar-refractivity contribution in [1.82, 2.24) is 10.2 Å². The molecule has 1 aliphatic rings. The molecule has 0 saturated carbocycles. The molecule has 136 valence electrons. The van der Waals surface area contributed by atoms with Crippen molar-refractivity contribution in [3.63, 3.8) is 0 Å². The molecule has 7 heteroatoms. The molecule has 0 aliphatic carbocycles. The molecule has 0 spiro atoms. The normalized spacial score (nSPS) is 19.6. The third-order valence-electron chi connectivity index (χ3n) is 4.32. The summed E-state index contributed by atoms with van der Waals surface area (Å²) >= 11 is 12.1. The molecule has 1 saturated heterocycles. The molecule has 3 rings (SSSR count). The Balaban J connectivity index is 1.72. The lowest BCUT2D eigenvalue weighted by Gasteiger charge is -2.23. The van der Waals surface area contributed by atoms with E-state index in [0.29, 0.717) is 21.4 Å². The minimum atomic E-state index is -1.23. The van der Waals surface area contributed by atoms with Gasteiger partial charge < -0.3 is 10.1 Å². The summed E-state index contributed by atoms with van der Waals surface area (Å²) in [4.78, 5) is 26.3. The summed E-state index contributed by atoms with van der Waals surface area (Å²) in [5.41, 5.74) is 0.341. The van der Waals surface area contributed by atoms with Gasteiger partial charge in [-0.15, -0.1) is 0 Å². The zero-order valence-corrected chi connectivity index (χ0v) is 15.9. The first-order valence-corrected chi connectivity index (χ1v) is 8.86. The number of aryl methyl sites for hydroxylation is 1. The van der Waals surface area contributed by atoms with E-state index in [1.54, 1.807) is 25.1 Å². The van der Waals surface area contributed by atoms with Gasteiger partial charge in [0.15, 0.2) is 0 Å². The number of urea groups is 1. The summed E-state index contributed by atoms with van der Waals surface area (Å²) < 4.78 is 5.64. The van der Waals surface area contributed by atoms with E-state index in [1.807, 2.05) is 31.2 Å². The highest BCUT2D eigenvalue weighted by molar-refractivity contribution is 6.35. The number of carbonyl (C=O) groups excluding carboxylic acids is 2. The lowest BCUT2D eigenvalue weighted by molar-refractivity contribution is -0.131. The van der Waals surface area contributed by atoms with Crippen LogP contribution in [0.25, 0.3) is 0 Å². The number of ether oxygens (including phenoxy) is 1. The highest BCUT2D eigenvalue weighted by atomic mass is 35.5. The Labute approximate surface area is 161 Å². The summed E-state index contributed by atoms with van der Waals surface area (Å²) in [5, 5.41) is 3.51. The molecule has 1 aliphatic heterocycles. The summed E-state index contributed by atoms with van der Waals surface area (Å²) in [5.74, 6) is 0.320. The number of nitrogens with one attached hydrogen (secondary N) is 1. The van der Waals surface area contributed by atoms with Gasteiger partial charge in [0.2, 0.25) is 0 Å². The average molecular weight is 393 g/mol. The lowest BCUT2D eigenvalue weighted by Crippen LogP contribution is -2.41. The molecule has 26 heavy (non-hydrogen) atoms. The summed E-state index contributed by atoms with van der Waals surface area (Å²) in [7, 11) is 0. The maximum Gasteiger partial charge on any atom is 0.325 e. The number of halogens is 2. The van der Waals surface area contributed by atoms with E-state index in [9.17, 15) is 9.59 Å². The van der Waals surface area contributed by atoms with E-state index < -0.39 is 11.6 Å². The maximum atomic E-state index is 12.9. The molecule has 0 bridgehead atoms. The second kappa shape index (κ2) is 7.17. The molecular weight excluding hydrogens is 375 g/mol. The highest BCUT2D eigenvalue weighted by Crippen LogP contribution is 2.34. The summed E-state index contributed by atoms with van der Waals surface area (Å²) in [6, 6.07) is 11.9. The Morgan fingerprint density at radius 3 is 2.62 bits per heavy atom. The number of imide groups is 1. The van der Waals surface area contributed by atoms with Crippen LogP contribution < -0.4 is 10.1 Å². The van der Waals surface area contributed by atoms with E-state index in [-0.39, 0.29) is 19.1 Å². The Hall–Kier alpha value is -2.24. The predicted octanol–water partition coefficient (Wildman–Crippen LogP) is 4.15. The number of hydrogen-bond donors (Lipinski definition) is 1. The molecule has 2 aromatic rings. The molecule has 0 aromatic heterocycles. The van der Waals surface area contributed by atoms with Gasteiger partial charge in [0, 0.05) is 15.6 Å². The molecular formula is C19H18Cl2N2O3. The molecule has 5 nitrogen and oxygen atoms in total. The van der Waals surface area contributed by atoms with Crippen molar-refractivity contribution in [3.8, 4) is 5.75 Å². The number of hydrogen-bond acceptors (Lipinski definition) is 3. The molecule has 1 fully saturated rings. The first-order valence-electron chi connectivity index (χ1n) is 8.10. The smallest absolute Gasteiger partial charge is 0.325 e. The van der Waals surface area contributed by atoms with E-state index in [1.165, 1.54) is 0 Å². The van der Waals surface area contributed by atoms with E-state index in [4.69, 9.17) is 27.9 Å².